The first-order valence-electron chi connectivity index (χ1n) is 8.61. The van der Waals surface area contributed by atoms with E-state index in [9.17, 15) is 18.0 Å². The van der Waals surface area contributed by atoms with Crippen molar-refractivity contribution in [3.05, 3.63) is 70.0 Å². The summed E-state index contributed by atoms with van der Waals surface area (Å²) < 4.78 is 40.7. The summed E-state index contributed by atoms with van der Waals surface area (Å²) in [6.07, 6.45) is 2.08. The summed E-state index contributed by atoms with van der Waals surface area (Å²) in [6, 6.07) is 9.50. The third-order valence-electron chi connectivity index (χ3n) is 5.54. The fraction of sp³-hybridized carbons (Fsp3) is 0.350. The molecule has 0 radical (unpaired) electrons. The fourth-order valence-corrected chi connectivity index (χ4v) is 4.00. The van der Waals surface area contributed by atoms with Crippen LogP contribution < -0.4 is 0 Å². The third kappa shape index (κ3) is 2.78. The Morgan fingerprint density at radius 1 is 1.04 bits per heavy atom. The van der Waals surface area contributed by atoms with Crippen molar-refractivity contribution in [3.63, 3.8) is 0 Å². The van der Waals surface area contributed by atoms with E-state index in [0.29, 0.717) is 24.5 Å². The van der Waals surface area contributed by atoms with Gasteiger partial charge in [0.1, 0.15) is 0 Å². The third-order valence-corrected chi connectivity index (χ3v) is 5.79. The van der Waals surface area contributed by atoms with E-state index < -0.39 is 22.9 Å². The molecule has 1 aliphatic heterocycles. The molecule has 6 heteroatoms. The van der Waals surface area contributed by atoms with Crippen LogP contribution in [0.1, 0.15) is 36.3 Å². The molecule has 1 saturated heterocycles. The Bertz CT molecular complexity index is 864. The van der Waals surface area contributed by atoms with Crippen LogP contribution in [-0.4, -0.2) is 23.9 Å². The molecule has 2 aromatic carbocycles. The van der Waals surface area contributed by atoms with E-state index in [1.54, 1.807) is 17.0 Å². The second-order valence-corrected chi connectivity index (χ2v) is 7.53. The summed E-state index contributed by atoms with van der Waals surface area (Å²) in [5.74, 6) is -4.10. The van der Waals surface area contributed by atoms with E-state index in [0.717, 1.165) is 24.5 Å². The molecule has 0 bridgehead atoms. The van der Waals surface area contributed by atoms with Gasteiger partial charge in [0.05, 0.1) is 5.41 Å². The van der Waals surface area contributed by atoms with Crippen molar-refractivity contribution in [2.45, 2.75) is 30.6 Å². The lowest BCUT2D eigenvalue weighted by Gasteiger charge is -2.24. The standard InChI is InChI=1S/C20H17ClF3NO/c21-14-3-1-13(2-4-14)20(8-9-20)19(26)25-10-7-12(11-25)15-5-6-16(22)18(24)17(15)23/h1-6,12H,7-11H2. The highest BCUT2D eigenvalue weighted by molar-refractivity contribution is 6.30. The molecule has 2 aromatic rings. The number of halogens is 4. The van der Waals surface area contributed by atoms with Crippen LogP contribution in [0.2, 0.25) is 5.02 Å². The monoisotopic (exact) mass is 379 g/mol. The minimum Gasteiger partial charge on any atom is -0.341 e. The number of likely N-dealkylation sites (tertiary alicyclic amines) is 1. The first-order chi connectivity index (χ1) is 12.4. The highest BCUT2D eigenvalue weighted by Gasteiger charge is 2.53. The van der Waals surface area contributed by atoms with Gasteiger partial charge in [0.25, 0.3) is 0 Å². The summed E-state index contributed by atoms with van der Waals surface area (Å²) in [7, 11) is 0. The summed E-state index contributed by atoms with van der Waals surface area (Å²) in [5.41, 5.74) is 0.552. The van der Waals surface area contributed by atoms with Gasteiger partial charge < -0.3 is 4.90 Å². The summed E-state index contributed by atoms with van der Waals surface area (Å²) in [5, 5.41) is 0.618. The summed E-state index contributed by atoms with van der Waals surface area (Å²) >= 11 is 5.93. The van der Waals surface area contributed by atoms with E-state index >= 15 is 0 Å². The lowest BCUT2D eigenvalue weighted by molar-refractivity contribution is -0.132. The Hall–Kier alpha value is -2.01. The molecular weight excluding hydrogens is 363 g/mol. The quantitative estimate of drug-likeness (QED) is 0.701. The van der Waals surface area contributed by atoms with Crippen LogP contribution in [0.5, 0.6) is 0 Å². The molecule has 1 aliphatic carbocycles. The van der Waals surface area contributed by atoms with Gasteiger partial charge in [0.2, 0.25) is 5.91 Å². The van der Waals surface area contributed by atoms with Crippen molar-refractivity contribution in [1.82, 2.24) is 4.90 Å². The molecule has 0 N–H and O–H groups in total. The molecule has 136 valence electrons. The first kappa shape index (κ1) is 17.4. The van der Waals surface area contributed by atoms with E-state index in [1.165, 1.54) is 6.07 Å². The second kappa shape index (κ2) is 6.31. The maximum absolute atomic E-state index is 14.1. The SMILES string of the molecule is O=C(N1CCC(c2ccc(F)c(F)c2F)C1)C1(c2ccc(Cl)cc2)CC1. The molecule has 2 nitrogen and oxygen atoms in total. The van der Waals surface area contributed by atoms with Gasteiger partial charge in [-0.3, -0.25) is 4.79 Å². The molecule has 2 fully saturated rings. The van der Waals surface area contributed by atoms with Crippen LogP contribution in [-0.2, 0) is 10.2 Å². The zero-order valence-electron chi connectivity index (χ0n) is 13.9. The molecule has 0 spiro atoms. The van der Waals surface area contributed by atoms with Gasteiger partial charge in [-0.1, -0.05) is 29.8 Å². The van der Waals surface area contributed by atoms with Crippen LogP contribution >= 0.6 is 11.6 Å². The minimum atomic E-state index is -1.45. The number of hydrogen-bond donors (Lipinski definition) is 0. The largest absolute Gasteiger partial charge is 0.341 e. The molecule has 2 aliphatic rings. The molecule has 26 heavy (non-hydrogen) atoms. The summed E-state index contributed by atoms with van der Waals surface area (Å²) in [4.78, 5) is 14.8. The van der Waals surface area contributed by atoms with E-state index in [-0.39, 0.29) is 17.4 Å². The predicted octanol–water partition coefficient (Wildman–Crippen LogP) is 4.81. The van der Waals surface area contributed by atoms with Gasteiger partial charge in [-0.25, -0.2) is 13.2 Å². The maximum atomic E-state index is 14.1. The topological polar surface area (TPSA) is 20.3 Å². The van der Waals surface area contributed by atoms with Crippen LogP contribution in [0.4, 0.5) is 13.2 Å². The minimum absolute atomic E-state index is 0.0188. The Balaban J connectivity index is 1.53. The maximum Gasteiger partial charge on any atom is 0.233 e. The zero-order valence-corrected chi connectivity index (χ0v) is 14.7. The van der Waals surface area contributed by atoms with Gasteiger partial charge in [0.15, 0.2) is 17.5 Å². The van der Waals surface area contributed by atoms with Crippen molar-refractivity contribution in [1.29, 1.82) is 0 Å². The first-order valence-corrected chi connectivity index (χ1v) is 8.99. The van der Waals surface area contributed by atoms with Gasteiger partial charge in [0, 0.05) is 24.0 Å². The fourth-order valence-electron chi connectivity index (χ4n) is 3.88. The molecule has 1 heterocycles. The van der Waals surface area contributed by atoms with Crippen molar-refractivity contribution < 1.29 is 18.0 Å². The van der Waals surface area contributed by atoms with Gasteiger partial charge in [-0.2, -0.15) is 0 Å². The predicted molar refractivity (Wildman–Crippen MR) is 92.6 cm³/mol. The average Bonchev–Trinajstić information content (AvgIpc) is 3.30. The van der Waals surface area contributed by atoms with Crippen molar-refractivity contribution in [3.8, 4) is 0 Å². The molecule has 0 aromatic heterocycles. The van der Waals surface area contributed by atoms with Gasteiger partial charge in [-0.15, -0.1) is 0 Å². The molecule has 1 atom stereocenters. The number of benzene rings is 2. The van der Waals surface area contributed by atoms with Crippen molar-refractivity contribution in [2.24, 2.45) is 0 Å². The Morgan fingerprint density at radius 2 is 1.73 bits per heavy atom. The Morgan fingerprint density at radius 3 is 2.38 bits per heavy atom. The lowest BCUT2D eigenvalue weighted by Crippen LogP contribution is -2.37. The van der Waals surface area contributed by atoms with E-state index in [4.69, 9.17) is 11.6 Å². The van der Waals surface area contributed by atoms with E-state index in [2.05, 4.69) is 0 Å². The molecule has 4 rings (SSSR count). The van der Waals surface area contributed by atoms with Crippen LogP contribution in [0.3, 0.4) is 0 Å². The van der Waals surface area contributed by atoms with E-state index in [1.807, 2.05) is 12.1 Å². The number of carbonyl (C=O) groups is 1. The normalized spacial score (nSPS) is 21.1. The van der Waals surface area contributed by atoms with Gasteiger partial charge >= 0.3 is 0 Å². The van der Waals surface area contributed by atoms with Crippen LogP contribution in [0.15, 0.2) is 36.4 Å². The Labute approximate surface area is 154 Å². The highest BCUT2D eigenvalue weighted by atomic mass is 35.5. The van der Waals surface area contributed by atoms with Gasteiger partial charge in [-0.05, 0) is 48.6 Å². The summed E-state index contributed by atoms with van der Waals surface area (Å²) in [6.45, 7) is 0.799. The molecule has 1 unspecified atom stereocenters. The number of carbonyl (C=O) groups excluding carboxylic acids is 1. The lowest BCUT2D eigenvalue weighted by atomic mass is 9.94. The molecular formula is C20H17ClF3NO. The smallest absolute Gasteiger partial charge is 0.233 e. The average molecular weight is 380 g/mol. The highest BCUT2D eigenvalue weighted by Crippen LogP contribution is 2.50. The molecule has 1 amide bonds. The van der Waals surface area contributed by atoms with Crippen molar-refractivity contribution >= 4 is 17.5 Å². The number of hydrogen-bond acceptors (Lipinski definition) is 1. The number of rotatable bonds is 3. The second-order valence-electron chi connectivity index (χ2n) is 7.09. The van der Waals surface area contributed by atoms with Crippen molar-refractivity contribution in [2.75, 3.05) is 13.1 Å². The Kier molecular flexibility index (Phi) is 4.22. The molecule has 1 saturated carbocycles. The zero-order chi connectivity index (χ0) is 18.5. The van der Waals surface area contributed by atoms with Crippen LogP contribution in [0, 0.1) is 17.5 Å². The number of nitrogens with zero attached hydrogens (tertiary/aromatic N) is 1. The number of amides is 1. The van der Waals surface area contributed by atoms with Crippen LogP contribution in [0.25, 0.3) is 0 Å².